The molecule has 0 saturated carbocycles. The molecule has 0 spiro atoms. The van der Waals surface area contributed by atoms with E-state index in [-0.39, 0.29) is 11.6 Å². The molecule has 9 heteroatoms. The molecule has 118 valence electrons. The number of thiazole rings is 1. The molecular formula is C12H15F3N2O3S. The van der Waals surface area contributed by atoms with Gasteiger partial charge in [-0.3, -0.25) is 4.79 Å². The van der Waals surface area contributed by atoms with Gasteiger partial charge in [-0.05, 0) is 6.42 Å². The van der Waals surface area contributed by atoms with Crippen molar-refractivity contribution in [2.75, 3.05) is 19.8 Å². The van der Waals surface area contributed by atoms with Gasteiger partial charge in [0.15, 0.2) is 11.8 Å². The average molecular weight is 324 g/mol. The molecule has 1 saturated heterocycles. The predicted molar refractivity (Wildman–Crippen MR) is 68.8 cm³/mol. The van der Waals surface area contributed by atoms with E-state index in [1.165, 1.54) is 0 Å². The van der Waals surface area contributed by atoms with Crippen LogP contribution in [0.2, 0.25) is 0 Å². The van der Waals surface area contributed by atoms with E-state index in [0.29, 0.717) is 19.6 Å². The van der Waals surface area contributed by atoms with Gasteiger partial charge in [0, 0.05) is 5.38 Å². The maximum absolute atomic E-state index is 12.5. The monoisotopic (exact) mass is 324 g/mol. The Balaban J connectivity index is 2.02. The third-order valence-corrected chi connectivity index (χ3v) is 3.90. The number of halogens is 3. The highest BCUT2D eigenvalue weighted by molar-refractivity contribution is 7.09. The van der Waals surface area contributed by atoms with E-state index >= 15 is 0 Å². The van der Waals surface area contributed by atoms with E-state index in [1.54, 1.807) is 6.92 Å². The van der Waals surface area contributed by atoms with Gasteiger partial charge in [-0.2, -0.15) is 13.2 Å². The summed E-state index contributed by atoms with van der Waals surface area (Å²) in [5.41, 5.74) is -0.938. The van der Waals surface area contributed by atoms with Crippen molar-refractivity contribution in [3.63, 3.8) is 0 Å². The Hall–Kier alpha value is -1.19. The van der Waals surface area contributed by atoms with Gasteiger partial charge in [0.05, 0.1) is 25.9 Å². The quantitative estimate of drug-likeness (QED) is 0.922. The molecule has 1 amide bonds. The molecule has 2 rings (SSSR count). The van der Waals surface area contributed by atoms with Crippen LogP contribution in [0, 0.1) is 0 Å². The number of carbonyl (C=O) groups is 1. The predicted octanol–water partition coefficient (Wildman–Crippen LogP) is 2.14. The number of aromatic nitrogens is 1. The highest BCUT2D eigenvalue weighted by Gasteiger charge is 2.35. The van der Waals surface area contributed by atoms with Crippen molar-refractivity contribution < 1.29 is 27.4 Å². The minimum atomic E-state index is -4.47. The maximum atomic E-state index is 12.5. The van der Waals surface area contributed by atoms with E-state index in [0.717, 1.165) is 16.7 Å². The molecule has 1 aliphatic rings. The van der Waals surface area contributed by atoms with E-state index < -0.39 is 29.9 Å². The minimum Gasteiger partial charge on any atom is -0.376 e. The van der Waals surface area contributed by atoms with Gasteiger partial charge in [-0.25, -0.2) is 4.98 Å². The highest BCUT2D eigenvalue weighted by atomic mass is 32.1. The van der Waals surface area contributed by atoms with Crippen molar-refractivity contribution in [1.82, 2.24) is 10.3 Å². The first-order valence-corrected chi connectivity index (χ1v) is 7.32. The Morgan fingerprint density at radius 3 is 2.86 bits per heavy atom. The van der Waals surface area contributed by atoms with E-state index in [1.807, 2.05) is 0 Å². The van der Waals surface area contributed by atoms with Crippen LogP contribution in [0.4, 0.5) is 13.2 Å². The summed E-state index contributed by atoms with van der Waals surface area (Å²) in [6.45, 7) is 2.67. The van der Waals surface area contributed by atoms with Crippen LogP contribution >= 0.6 is 11.3 Å². The maximum Gasteiger partial charge on any atom is 0.434 e. The van der Waals surface area contributed by atoms with E-state index in [4.69, 9.17) is 9.47 Å². The number of hydrogen-bond acceptors (Lipinski definition) is 5. The van der Waals surface area contributed by atoms with Crippen molar-refractivity contribution in [3.05, 3.63) is 16.1 Å². The lowest BCUT2D eigenvalue weighted by Crippen LogP contribution is -2.44. The molecule has 0 bridgehead atoms. The zero-order valence-electron chi connectivity index (χ0n) is 11.3. The van der Waals surface area contributed by atoms with Gasteiger partial charge >= 0.3 is 6.18 Å². The molecule has 0 aromatic carbocycles. The van der Waals surface area contributed by atoms with Crippen molar-refractivity contribution in [1.29, 1.82) is 0 Å². The van der Waals surface area contributed by atoms with Crippen molar-refractivity contribution in [2.45, 2.75) is 31.7 Å². The van der Waals surface area contributed by atoms with Gasteiger partial charge in [0.2, 0.25) is 0 Å². The van der Waals surface area contributed by atoms with Crippen molar-refractivity contribution in [2.24, 2.45) is 0 Å². The van der Waals surface area contributed by atoms with Crippen molar-refractivity contribution >= 4 is 17.2 Å². The lowest BCUT2D eigenvalue weighted by atomic mass is 10.2. The zero-order valence-corrected chi connectivity index (χ0v) is 12.1. The number of nitrogens with zero attached hydrogens (tertiary/aromatic N) is 1. The Morgan fingerprint density at radius 1 is 1.57 bits per heavy atom. The van der Waals surface area contributed by atoms with Crippen LogP contribution in [-0.2, 0) is 20.4 Å². The second-order valence-electron chi connectivity index (χ2n) is 4.47. The molecule has 1 fully saturated rings. The molecule has 1 aromatic rings. The van der Waals surface area contributed by atoms with E-state index in [2.05, 4.69) is 10.3 Å². The van der Waals surface area contributed by atoms with Gasteiger partial charge in [0.25, 0.3) is 5.91 Å². The third-order valence-electron chi connectivity index (χ3n) is 2.94. The van der Waals surface area contributed by atoms with Crippen LogP contribution in [0.25, 0.3) is 0 Å². The van der Waals surface area contributed by atoms with Crippen LogP contribution in [0.1, 0.15) is 30.1 Å². The Kier molecular flexibility index (Phi) is 5.17. The second-order valence-corrected chi connectivity index (χ2v) is 5.36. The van der Waals surface area contributed by atoms with Gasteiger partial charge in [-0.15, -0.1) is 11.3 Å². The molecule has 0 aliphatic carbocycles. The first kappa shape index (κ1) is 16.2. The summed E-state index contributed by atoms with van der Waals surface area (Å²) in [6, 6.07) is -0.566. The average Bonchev–Trinajstić information content (AvgIpc) is 2.95. The van der Waals surface area contributed by atoms with Gasteiger partial charge < -0.3 is 14.8 Å². The molecule has 2 heterocycles. The molecule has 2 atom stereocenters. The molecule has 1 aliphatic heterocycles. The Labute approximate surface area is 123 Å². The first-order chi connectivity index (χ1) is 9.91. The summed E-state index contributed by atoms with van der Waals surface area (Å²) in [4.78, 5) is 15.5. The number of hydrogen-bond donors (Lipinski definition) is 1. The third kappa shape index (κ3) is 4.14. The number of nitrogens with one attached hydrogen (secondary N) is 1. The van der Waals surface area contributed by atoms with Crippen LogP contribution < -0.4 is 5.32 Å². The van der Waals surface area contributed by atoms with Crippen LogP contribution in [0.5, 0.6) is 0 Å². The van der Waals surface area contributed by atoms with Crippen LogP contribution in [0.15, 0.2) is 5.38 Å². The number of amides is 1. The molecule has 1 N–H and O–H groups in total. The fourth-order valence-electron chi connectivity index (χ4n) is 1.82. The van der Waals surface area contributed by atoms with E-state index in [9.17, 15) is 18.0 Å². The topological polar surface area (TPSA) is 60.5 Å². The number of rotatable bonds is 4. The van der Waals surface area contributed by atoms with Gasteiger partial charge in [0.1, 0.15) is 5.01 Å². The largest absolute Gasteiger partial charge is 0.434 e. The summed E-state index contributed by atoms with van der Waals surface area (Å²) in [5, 5.41) is 3.83. The molecule has 1 aromatic heterocycles. The molecule has 0 unspecified atom stereocenters. The lowest BCUT2D eigenvalue weighted by molar-refractivity contribution is -0.148. The van der Waals surface area contributed by atoms with Gasteiger partial charge in [-0.1, -0.05) is 6.92 Å². The molecule has 21 heavy (non-hydrogen) atoms. The van der Waals surface area contributed by atoms with Crippen LogP contribution in [-0.4, -0.2) is 36.8 Å². The molecule has 0 radical (unpaired) electrons. The minimum absolute atomic E-state index is 0.147. The van der Waals surface area contributed by atoms with Crippen LogP contribution in [0.3, 0.4) is 0 Å². The molecular weight excluding hydrogens is 309 g/mol. The summed E-state index contributed by atoms with van der Waals surface area (Å²) in [5.74, 6) is -0.398. The fraction of sp³-hybridized carbons (Fsp3) is 0.667. The summed E-state index contributed by atoms with van der Waals surface area (Å²) >= 11 is 0.880. The normalized spacial score (nSPS) is 21.0. The summed E-state index contributed by atoms with van der Waals surface area (Å²) in [7, 11) is 0. The van der Waals surface area contributed by atoms with Crippen molar-refractivity contribution in [3.8, 4) is 0 Å². The summed E-state index contributed by atoms with van der Waals surface area (Å²) in [6.07, 6.45) is -4.77. The summed E-state index contributed by atoms with van der Waals surface area (Å²) < 4.78 is 48.0. The molecule has 5 nitrogen and oxygen atoms in total. The first-order valence-electron chi connectivity index (χ1n) is 6.44. The Bertz CT molecular complexity index is 486. The number of carbonyl (C=O) groups excluding carboxylic acids is 1. The zero-order chi connectivity index (χ0) is 15.5. The fourth-order valence-corrected chi connectivity index (χ4v) is 2.78. The number of alkyl halides is 3. The smallest absolute Gasteiger partial charge is 0.376 e. The lowest BCUT2D eigenvalue weighted by Gasteiger charge is -2.24. The highest BCUT2D eigenvalue weighted by Crippen LogP contribution is 2.32. The Morgan fingerprint density at radius 2 is 2.33 bits per heavy atom. The SMILES string of the molecule is CC[C@@H](NC(=O)[C@H]1COCCO1)c1nc(C(F)(F)F)cs1. The standard InChI is InChI=1S/C12H15F3N2O3S/c1-2-7(11-17-9(6-21-11)12(13,14)15)16-10(18)8-5-19-3-4-20-8/h6-8H,2-5H2,1H3,(H,16,18)/t7-,8-/m1/s1. The second kappa shape index (κ2) is 6.71. The number of ether oxygens (including phenoxy) is 2.